The van der Waals surface area contributed by atoms with Crippen molar-refractivity contribution in [2.45, 2.75) is 13.8 Å². The van der Waals surface area contributed by atoms with Gasteiger partial charge in [0.15, 0.2) is 0 Å². The molecule has 2 nitrogen and oxygen atoms in total. The predicted molar refractivity (Wildman–Crippen MR) is 206 cm³/mol. The molecular formula is C45H38N2. The van der Waals surface area contributed by atoms with E-state index in [2.05, 4.69) is 157 Å². The molecule has 0 aliphatic rings. The highest BCUT2D eigenvalue weighted by molar-refractivity contribution is 6.21. The van der Waals surface area contributed by atoms with Crippen LogP contribution in [0.4, 0.5) is 5.69 Å². The summed E-state index contributed by atoms with van der Waals surface area (Å²) >= 11 is 0. The van der Waals surface area contributed by atoms with Crippen molar-refractivity contribution < 1.29 is 0 Å². The third-order valence-corrected chi connectivity index (χ3v) is 8.42. The second-order valence-electron chi connectivity index (χ2n) is 11.2. The van der Waals surface area contributed by atoms with Crippen LogP contribution in [-0.2, 0) is 0 Å². The molecule has 0 saturated heterocycles. The van der Waals surface area contributed by atoms with Crippen molar-refractivity contribution in [1.29, 1.82) is 0 Å². The predicted octanol–water partition coefficient (Wildman–Crippen LogP) is 12.6. The maximum Gasteiger partial charge on any atom is 0.0601 e. The van der Waals surface area contributed by atoms with E-state index in [0.717, 1.165) is 22.6 Å². The summed E-state index contributed by atoms with van der Waals surface area (Å²) < 4.78 is 0. The van der Waals surface area contributed by atoms with Crippen molar-refractivity contribution in [2.75, 3.05) is 4.90 Å². The number of allylic oxidation sites excluding steroid dienone is 6. The Morgan fingerprint density at radius 1 is 0.553 bits per heavy atom. The van der Waals surface area contributed by atoms with E-state index in [-0.39, 0.29) is 0 Å². The lowest BCUT2D eigenvalue weighted by Gasteiger charge is -2.27. The Hall–Kier alpha value is -5.99. The van der Waals surface area contributed by atoms with Gasteiger partial charge in [-0.1, -0.05) is 147 Å². The van der Waals surface area contributed by atoms with Gasteiger partial charge in [-0.25, -0.2) is 0 Å². The van der Waals surface area contributed by atoms with Gasteiger partial charge in [-0.05, 0) is 93.1 Å². The summed E-state index contributed by atoms with van der Waals surface area (Å²) in [5, 5.41) is 4.92. The molecule has 0 amide bonds. The number of anilines is 1. The van der Waals surface area contributed by atoms with Gasteiger partial charge in [0, 0.05) is 17.6 Å². The van der Waals surface area contributed by atoms with Gasteiger partial charge in [-0.2, -0.15) is 0 Å². The van der Waals surface area contributed by atoms with Crippen molar-refractivity contribution in [1.82, 2.24) is 0 Å². The topological polar surface area (TPSA) is 15.6 Å². The minimum Gasteiger partial charge on any atom is -0.309 e. The molecule has 6 rings (SSSR count). The van der Waals surface area contributed by atoms with E-state index in [9.17, 15) is 0 Å². The molecule has 6 aromatic carbocycles. The molecule has 0 radical (unpaired) electrons. The fourth-order valence-electron chi connectivity index (χ4n) is 6.25. The molecular weight excluding hydrogens is 569 g/mol. The van der Waals surface area contributed by atoms with E-state index in [1.165, 1.54) is 49.4 Å². The minimum absolute atomic E-state index is 0.923. The first-order valence-corrected chi connectivity index (χ1v) is 15.9. The van der Waals surface area contributed by atoms with Crippen LogP contribution in [0, 0.1) is 0 Å². The average molecular weight is 607 g/mol. The highest BCUT2D eigenvalue weighted by atomic mass is 15.2. The molecule has 0 saturated carbocycles. The number of rotatable bonds is 10. The SMILES string of the molecule is C=CN=C/C(=C\C)N(/C(C=C)=C/C=C\C)c1ccc(-c2c3ccccc3c(-c3ccc(-c4ccccc4)cc3)c3ccccc23)cc1. The smallest absolute Gasteiger partial charge is 0.0601 e. The van der Waals surface area contributed by atoms with Crippen LogP contribution in [0.25, 0.3) is 54.9 Å². The van der Waals surface area contributed by atoms with Crippen LogP contribution in [0.15, 0.2) is 194 Å². The maximum atomic E-state index is 4.32. The number of aliphatic imine (C=N–C) groups is 1. The first-order valence-electron chi connectivity index (χ1n) is 15.9. The van der Waals surface area contributed by atoms with Crippen molar-refractivity contribution in [3.63, 3.8) is 0 Å². The molecule has 47 heavy (non-hydrogen) atoms. The second kappa shape index (κ2) is 14.4. The molecule has 0 aliphatic heterocycles. The molecule has 0 N–H and O–H groups in total. The number of hydrogen-bond acceptors (Lipinski definition) is 2. The lowest BCUT2D eigenvalue weighted by molar-refractivity contribution is 1.16. The van der Waals surface area contributed by atoms with Gasteiger partial charge >= 0.3 is 0 Å². The average Bonchev–Trinajstić information content (AvgIpc) is 3.14. The Bertz CT molecular complexity index is 2100. The van der Waals surface area contributed by atoms with E-state index in [1.807, 2.05) is 44.4 Å². The monoisotopic (exact) mass is 606 g/mol. The Kier molecular flexibility index (Phi) is 9.51. The molecule has 0 spiro atoms. The fraction of sp³-hybridized carbons (Fsp3) is 0.0444. The van der Waals surface area contributed by atoms with Gasteiger partial charge < -0.3 is 4.90 Å². The van der Waals surface area contributed by atoms with E-state index in [0.29, 0.717) is 0 Å². The van der Waals surface area contributed by atoms with Crippen molar-refractivity contribution in [2.24, 2.45) is 4.99 Å². The van der Waals surface area contributed by atoms with Crippen molar-refractivity contribution in [3.8, 4) is 33.4 Å². The molecule has 0 atom stereocenters. The zero-order valence-electron chi connectivity index (χ0n) is 27.0. The summed E-state index contributed by atoms with van der Waals surface area (Å²) in [6.07, 6.45) is 13.4. The highest BCUT2D eigenvalue weighted by Gasteiger charge is 2.18. The number of nitrogens with zero attached hydrogens (tertiary/aromatic N) is 2. The lowest BCUT2D eigenvalue weighted by atomic mass is 9.85. The molecule has 0 aliphatic carbocycles. The van der Waals surface area contributed by atoms with Crippen LogP contribution in [-0.4, -0.2) is 6.21 Å². The minimum atomic E-state index is 0.923. The van der Waals surface area contributed by atoms with E-state index < -0.39 is 0 Å². The molecule has 2 heteroatoms. The Morgan fingerprint density at radius 2 is 1.02 bits per heavy atom. The number of hydrogen-bond donors (Lipinski definition) is 0. The maximum absolute atomic E-state index is 4.32. The summed E-state index contributed by atoms with van der Waals surface area (Å²) in [6.45, 7) is 11.9. The van der Waals surface area contributed by atoms with E-state index in [4.69, 9.17) is 0 Å². The Balaban J connectivity index is 1.51. The van der Waals surface area contributed by atoms with Crippen molar-refractivity contribution >= 4 is 33.4 Å². The van der Waals surface area contributed by atoms with Crippen LogP contribution < -0.4 is 4.90 Å². The van der Waals surface area contributed by atoms with Crippen LogP contribution in [0.5, 0.6) is 0 Å². The molecule has 0 aromatic heterocycles. The summed E-state index contributed by atoms with van der Waals surface area (Å²) in [5.74, 6) is 0. The third kappa shape index (κ3) is 6.27. The number of benzene rings is 6. The number of fused-ring (bicyclic) bond motifs is 2. The van der Waals surface area contributed by atoms with Gasteiger partial charge in [-0.3, -0.25) is 4.99 Å². The van der Waals surface area contributed by atoms with Gasteiger partial charge in [0.25, 0.3) is 0 Å². The summed E-state index contributed by atoms with van der Waals surface area (Å²) in [6, 6.07) is 45.9. The highest BCUT2D eigenvalue weighted by Crippen LogP contribution is 2.44. The Morgan fingerprint density at radius 3 is 1.49 bits per heavy atom. The zero-order valence-corrected chi connectivity index (χ0v) is 27.0. The molecule has 0 bridgehead atoms. The lowest BCUT2D eigenvalue weighted by Crippen LogP contribution is -2.21. The largest absolute Gasteiger partial charge is 0.309 e. The van der Waals surface area contributed by atoms with Crippen LogP contribution in [0.1, 0.15) is 13.8 Å². The zero-order chi connectivity index (χ0) is 32.6. The first-order chi connectivity index (χ1) is 23.2. The summed E-state index contributed by atoms with van der Waals surface area (Å²) in [7, 11) is 0. The van der Waals surface area contributed by atoms with Gasteiger partial charge in [0.05, 0.1) is 11.9 Å². The molecule has 228 valence electrons. The van der Waals surface area contributed by atoms with Crippen LogP contribution in [0.3, 0.4) is 0 Å². The summed E-state index contributed by atoms with van der Waals surface area (Å²) in [5.41, 5.74) is 10.2. The van der Waals surface area contributed by atoms with Crippen LogP contribution in [0.2, 0.25) is 0 Å². The molecule has 6 aromatic rings. The second-order valence-corrected chi connectivity index (χ2v) is 11.2. The first kappa shape index (κ1) is 31.0. The quantitative estimate of drug-likeness (QED) is 0.0860. The van der Waals surface area contributed by atoms with E-state index >= 15 is 0 Å². The third-order valence-electron chi connectivity index (χ3n) is 8.42. The molecule has 0 unspecified atom stereocenters. The Labute approximate surface area is 278 Å². The van der Waals surface area contributed by atoms with Crippen molar-refractivity contribution in [3.05, 3.63) is 189 Å². The molecule has 0 heterocycles. The fourth-order valence-corrected chi connectivity index (χ4v) is 6.25. The standard InChI is InChI=1S/C45H38N2/c1-5-9-19-37(6-2)47(38(7-3)32-46-8-4)39-30-28-36(29-31-39)45-42-22-15-13-20-40(42)44(41-21-14-16-23-43(41)45)35-26-24-34(25-27-35)33-17-11-10-12-18-33/h5-32H,2,4H2,1,3H3/b9-5-,37-19+,38-7+,46-32?. The van der Waals surface area contributed by atoms with Gasteiger partial charge in [-0.15, -0.1) is 0 Å². The van der Waals surface area contributed by atoms with Gasteiger partial charge in [0.2, 0.25) is 0 Å². The normalized spacial score (nSPS) is 12.3. The van der Waals surface area contributed by atoms with E-state index in [1.54, 1.807) is 6.20 Å². The van der Waals surface area contributed by atoms with Crippen LogP contribution >= 0.6 is 0 Å². The molecule has 0 fully saturated rings. The van der Waals surface area contributed by atoms with Gasteiger partial charge in [0.1, 0.15) is 0 Å². The summed E-state index contributed by atoms with van der Waals surface area (Å²) in [4.78, 5) is 6.48.